The van der Waals surface area contributed by atoms with Gasteiger partial charge in [-0.15, -0.1) is 0 Å². The Balaban J connectivity index is 0.000000606. The third-order valence-corrected chi connectivity index (χ3v) is 2.56. The van der Waals surface area contributed by atoms with Crippen molar-refractivity contribution in [3.8, 4) is 5.75 Å². The van der Waals surface area contributed by atoms with E-state index in [0.29, 0.717) is 0 Å². The van der Waals surface area contributed by atoms with Gasteiger partial charge < -0.3 is 10.1 Å². The molecule has 1 heterocycles. The standard InChI is InChI=1S/C12H17NO.C2H6/c1-2-8-14-12-5-3-4-10-9-13-7-6-11(10)12;1-2/h3-5,13H,2,6-9H2,1H3;1-2H3. The Kier molecular flexibility index (Phi) is 5.94. The van der Waals surface area contributed by atoms with Crippen molar-refractivity contribution >= 4 is 0 Å². The maximum absolute atomic E-state index is 5.73. The molecule has 1 aliphatic heterocycles. The van der Waals surface area contributed by atoms with E-state index >= 15 is 0 Å². The first kappa shape index (κ1) is 13.0. The second-order valence-electron chi connectivity index (χ2n) is 3.67. The monoisotopic (exact) mass is 221 g/mol. The summed E-state index contributed by atoms with van der Waals surface area (Å²) in [7, 11) is 0. The lowest BCUT2D eigenvalue weighted by atomic mass is 10.0. The molecule has 0 fully saturated rings. The van der Waals surface area contributed by atoms with Gasteiger partial charge in [0.05, 0.1) is 6.61 Å². The van der Waals surface area contributed by atoms with E-state index < -0.39 is 0 Å². The van der Waals surface area contributed by atoms with Crippen molar-refractivity contribution in [3.63, 3.8) is 0 Å². The molecule has 1 N–H and O–H groups in total. The van der Waals surface area contributed by atoms with Gasteiger partial charge in [-0.3, -0.25) is 0 Å². The molecule has 1 aliphatic rings. The number of hydrogen-bond donors (Lipinski definition) is 1. The molecular weight excluding hydrogens is 198 g/mol. The highest BCUT2D eigenvalue weighted by Crippen LogP contribution is 2.25. The molecule has 0 unspecified atom stereocenters. The Morgan fingerprint density at radius 1 is 1.31 bits per heavy atom. The Morgan fingerprint density at radius 2 is 2.12 bits per heavy atom. The zero-order chi connectivity index (χ0) is 11.8. The number of ether oxygens (including phenoxy) is 1. The van der Waals surface area contributed by atoms with Crippen LogP contribution in [0.4, 0.5) is 0 Å². The molecule has 0 aromatic heterocycles. The fraction of sp³-hybridized carbons (Fsp3) is 0.571. The minimum atomic E-state index is 0.823. The van der Waals surface area contributed by atoms with Gasteiger partial charge in [-0.2, -0.15) is 0 Å². The van der Waals surface area contributed by atoms with E-state index in [1.165, 1.54) is 11.1 Å². The fourth-order valence-corrected chi connectivity index (χ4v) is 1.84. The van der Waals surface area contributed by atoms with E-state index in [1.54, 1.807) is 0 Å². The molecule has 0 bridgehead atoms. The summed E-state index contributed by atoms with van der Waals surface area (Å²) in [6.45, 7) is 9.01. The normalized spacial score (nSPS) is 13.4. The minimum absolute atomic E-state index is 0.823. The van der Waals surface area contributed by atoms with E-state index in [-0.39, 0.29) is 0 Å². The van der Waals surface area contributed by atoms with Gasteiger partial charge in [0.15, 0.2) is 0 Å². The minimum Gasteiger partial charge on any atom is -0.493 e. The lowest BCUT2D eigenvalue weighted by Crippen LogP contribution is -2.24. The largest absolute Gasteiger partial charge is 0.493 e. The van der Waals surface area contributed by atoms with Crippen LogP contribution in [0.15, 0.2) is 18.2 Å². The van der Waals surface area contributed by atoms with Crippen LogP contribution in [0.2, 0.25) is 0 Å². The summed E-state index contributed by atoms with van der Waals surface area (Å²) in [4.78, 5) is 0. The summed E-state index contributed by atoms with van der Waals surface area (Å²) in [6, 6.07) is 6.34. The van der Waals surface area contributed by atoms with E-state index in [9.17, 15) is 0 Å². The van der Waals surface area contributed by atoms with Crippen LogP contribution in [-0.2, 0) is 13.0 Å². The highest BCUT2D eigenvalue weighted by atomic mass is 16.5. The zero-order valence-corrected chi connectivity index (χ0v) is 10.7. The fourth-order valence-electron chi connectivity index (χ4n) is 1.84. The number of nitrogens with one attached hydrogen (secondary N) is 1. The van der Waals surface area contributed by atoms with Gasteiger partial charge in [0, 0.05) is 6.54 Å². The average molecular weight is 221 g/mol. The molecule has 0 aliphatic carbocycles. The molecule has 2 rings (SSSR count). The summed E-state index contributed by atoms with van der Waals surface area (Å²) in [5.41, 5.74) is 2.80. The summed E-state index contributed by atoms with van der Waals surface area (Å²) in [6.07, 6.45) is 2.16. The summed E-state index contributed by atoms with van der Waals surface area (Å²) < 4.78 is 5.73. The van der Waals surface area contributed by atoms with E-state index in [4.69, 9.17) is 4.74 Å². The molecule has 0 radical (unpaired) electrons. The van der Waals surface area contributed by atoms with Crippen LogP contribution in [0.3, 0.4) is 0 Å². The maximum atomic E-state index is 5.73. The van der Waals surface area contributed by atoms with Gasteiger partial charge in [-0.1, -0.05) is 32.9 Å². The molecule has 2 nitrogen and oxygen atoms in total. The predicted molar refractivity (Wildman–Crippen MR) is 69.0 cm³/mol. The van der Waals surface area contributed by atoms with Crippen LogP contribution in [0, 0.1) is 0 Å². The second-order valence-corrected chi connectivity index (χ2v) is 3.67. The van der Waals surface area contributed by atoms with Crippen LogP contribution in [-0.4, -0.2) is 13.2 Å². The highest BCUT2D eigenvalue weighted by Gasteiger charge is 2.12. The second kappa shape index (κ2) is 7.29. The number of rotatable bonds is 3. The van der Waals surface area contributed by atoms with E-state index in [2.05, 4.69) is 30.4 Å². The van der Waals surface area contributed by atoms with Crippen molar-refractivity contribution < 1.29 is 4.74 Å². The maximum Gasteiger partial charge on any atom is 0.122 e. The molecule has 0 saturated heterocycles. The molecule has 0 amide bonds. The first-order valence-corrected chi connectivity index (χ1v) is 6.36. The van der Waals surface area contributed by atoms with Crippen molar-refractivity contribution in [3.05, 3.63) is 29.3 Å². The van der Waals surface area contributed by atoms with Crippen LogP contribution < -0.4 is 10.1 Å². The quantitative estimate of drug-likeness (QED) is 0.846. The van der Waals surface area contributed by atoms with Gasteiger partial charge in [0.2, 0.25) is 0 Å². The molecule has 1 aromatic carbocycles. The van der Waals surface area contributed by atoms with Crippen molar-refractivity contribution in [2.24, 2.45) is 0 Å². The van der Waals surface area contributed by atoms with Crippen molar-refractivity contribution in [2.75, 3.05) is 13.2 Å². The Labute approximate surface area is 99.0 Å². The summed E-state index contributed by atoms with van der Waals surface area (Å²) in [5.74, 6) is 1.09. The number of benzene rings is 1. The van der Waals surface area contributed by atoms with Crippen LogP contribution in [0.1, 0.15) is 38.3 Å². The van der Waals surface area contributed by atoms with Crippen molar-refractivity contribution in [1.29, 1.82) is 0 Å². The van der Waals surface area contributed by atoms with Crippen molar-refractivity contribution in [2.45, 2.75) is 40.2 Å². The zero-order valence-electron chi connectivity index (χ0n) is 10.7. The lowest BCUT2D eigenvalue weighted by Gasteiger charge is -2.20. The van der Waals surface area contributed by atoms with Gasteiger partial charge in [0.25, 0.3) is 0 Å². The SMILES string of the molecule is CC.CCCOc1cccc2c1CCNC2. The average Bonchev–Trinajstić information content (AvgIpc) is 2.38. The van der Waals surface area contributed by atoms with E-state index in [1.807, 2.05) is 13.8 Å². The third kappa shape index (κ3) is 3.24. The Hall–Kier alpha value is -1.02. The molecule has 0 atom stereocenters. The molecule has 2 heteroatoms. The third-order valence-electron chi connectivity index (χ3n) is 2.56. The van der Waals surface area contributed by atoms with Gasteiger partial charge in [-0.25, -0.2) is 0 Å². The molecule has 90 valence electrons. The topological polar surface area (TPSA) is 21.3 Å². The van der Waals surface area contributed by atoms with E-state index in [0.717, 1.165) is 38.3 Å². The Bertz CT molecular complexity index is 310. The van der Waals surface area contributed by atoms with Crippen LogP contribution >= 0.6 is 0 Å². The van der Waals surface area contributed by atoms with Crippen molar-refractivity contribution in [1.82, 2.24) is 5.32 Å². The molecule has 0 spiro atoms. The summed E-state index contributed by atoms with van der Waals surface area (Å²) >= 11 is 0. The number of hydrogen-bond acceptors (Lipinski definition) is 2. The van der Waals surface area contributed by atoms with Crippen LogP contribution in [0.25, 0.3) is 0 Å². The first-order chi connectivity index (χ1) is 7.92. The smallest absolute Gasteiger partial charge is 0.122 e. The lowest BCUT2D eigenvalue weighted by molar-refractivity contribution is 0.312. The molecule has 1 aromatic rings. The summed E-state index contributed by atoms with van der Waals surface area (Å²) in [5, 5.41) is 3.37. The molecule has 16 heavy (non-hydrogen) atoms. The van der Waals surface area contributed by atoms with Gasteiger partial charge >= 0.3 is 0 Å². The van der Waals surface area contributed by atoms with Gasteiger partial charge in [-0.05, 0) is 36.6 Å². The Morgan fingerprint density at radius 3 is 2.88 bits per heavy atom. The first-order valence-electron chi connectivity index (χ1n) is 6.36. The molecule has 0 saturated carbocycles. The van der Waals surface area contributed by atoms with Gasteiger partial charge in [0.1, 0.15) is 5.75 Å². The molecular formula is C14H23NO. The predicted octanol–water partition coefficient (Wildman–Crippen LogP) is 3.15. The number of fused-ring (bicyclic) bond motifs is 1. The highest BCUT2D eigenvalue weighted by molar-refractivity contribution is 5.41. The van der Waals surface area contributed by atoms with Crippen LogP contribution in [0.5, 0.6) is 5.75 Å².